The Bertz CT molecular complexity index is 1470. The number of benzene rings is 2. The number of carbonyl (C=O) groups is 1. The maximum atomic E-state index is 13.8. The number of aliphatic hydroxyl groups excluding tert-OH is 1. The number of pyridine rings is 1. The quantitative estimate of drug-likeness (QED) is 0.227. The van der Waals surface area contributed by atoms with Crippen LogP contribution >= 0.6 is 12.4 Å². The lowest BCUT2D eigenvalue weighted by Crippen LogP contribution is -2.42. The van der Waals surface area contributed by atoms with Crippen LogP contribution in [0, 0.1) is 37.5 Å². The molecule has 1 amide bonds. The van der Waals surface area contributed by atoms with Gasteiger partial charge in [0.15, 0.2) is 0 Å². The maximum absolute atomic E-state index is 13.8. The van der Waals surface area contributed by atoms with Crippen LogP contribution in [0.15, 0.2) is 60.7 Å². The van der Waals surface area contributed by atoms with Crippen LogP contribution in [-0.4, -0.2) is 27.2 Å². The van der Waals surface area contributed by atoms with Gasteiger partial charge in [-0.3, -0.25) is 4.79 Å². The van der Waals surface area contributed by atoms with E-state index in [2.05, 4.69) is 54.1 Å². The molecule has 2 aliphatic carbocycles. The van der Waals surface area contributed by atoms with Gasteiger partial charge in [0.25, 0.3) is 0 Å². The minimum absolute atomic E-state index is 0. The van der Waals surface area contributed by atoms with Crippen molar-refractivity contribution in [1.29, 1.82) is 0 Å². The molecule has 2 atom stereocenters. The first-order valence-corrected chi connectivity index (χ1v) is 15.3. The summed E-state index contributed by atoms with van der Waals surface area (Å²) in [4.78, 5) is 18.8. The second kappa shape index (κ2) is 13.0. The second-order valence-corrected chi connectivity index (χ2v) is 12.4. The number of nitrogens with zero attached hydrogens (tertiary/aromatic N) is 2. The fourth-order valence-corrected chi connectivity index (χ4v) is 7.87. The highest BCUT2D eigenvalue weighted by atomic mass is 35.5. The molecule has 0 spiro atoms. The summed E-state index contributed by atoms with van der Waals surface area (Å²) in [5, 5.41) is 15.9. The highest BCUT2D eigenvalue weighted by Gasteiger charge is 2.39. The molecule has 4 aromatic rings. The Hall–Kier alpha value is -2.89. The molecule has 41 heavy (non-hydrogen) atoms. The van der Waals surface area contributed by atoms with Crippen LogP contribution in [0.3, 0.4) is 0 Å². The molecule has 2 saturated carbocycles. The Labute approximate surface area is 250 Å². The molecule has 2 aliphatic rings. The molecule has 2 N–H and O–H groups in total. The third-order valence-corrected chi connectivity index (χ3v) is 9.80. The normalized spacial score (nSPS) is 21.0. The number of amides is 1. The van der Waals surface area contributed by atoms with Gasteiger partial charge in [-0.15, -0.1) is 12.4 Å². The summed E-state index contributed by atoms with van der Waals surface area (Å²) in [5.41, 5.74) is 5.72. The Morgan fingerprint density at radius 2 is 1.61 bits per heavy atom. The molecule has 0 bridgehead atoms. The first-order chi connectivity index (χ1) is 19.5. The number of para-hydroxylation sites is 1. The smallest absolute Gasteiger partial charge is 0.224 e. The Kier molecular flexibility index (Phi) is 9.35. The van der Waals surface area contributed by atoms with Crippen molar-refractivity contribution in [2.24, 2.45) is 23.7 Å². The lowest BCUT2D eigenvalue weighted by Gasteiger charge is -2.37. The summed E-state index contributed by atoms with van der Waals surface area (Å²) in [6, 6.07) is 20.5. The summed E-state index contributed by atoms with van der Waals surface area (Å²) >= 11 is 0. The lowest BCUT2D eigenvalue weighted by atomic mass is 9.70. The molecule has 6 heteroatoms. The lowest BCUT2D eigenvalue weighted by molar-refractivity contribution is -0.130. The fourth-order valence-electron chi connectivity index (χ4n) is 7.87. The van der Waals surface area contributed by atoms with Crippen LogP contribution in [-0.2, 0) is 11.3 Å². The van der Waals surface area contributed by atoms with E-state index in [4.69, 9.17) is 4.98 Å². The number of nitrogens with one attached hydrogen (secondary N) is 1. The highest BCUT2D eigenvalue weighted by Crippen LogP contribution is 2.43. The number of halogens is 1. The van der Waals surface area contributed by atoms with E-state index in [-0.39, 0.29) is 36.9 Å². The average molecular weight is 574 g/mol. The molecular weight excluding hydrogens is 530 g/mol. The van der Waals surface area contributed by atoms with E-state index in [0.717, 1.165) is 62.0 Å². The Morgan fingerprint density at radius 3 is 2.32 bits per heavy atom. The van der Waals surface area contributed by atoms with E-state index in [1.54, 1.807) is 0 Å². The number of hydrogen-bond acceptors (Lipinski definition) is 3. The predicted molar refractivity (Wildman–Crippen MR) is 169 cm³/mol. The SMILES string of the molecule is Cc1cc(C)c2c3ccccc3n(CC3CCC([C@@H](C(=O)NC(CO)c4ccccc4)C4CCCC4)CC3)c2n1.Cl. The van der Waals surface area contributed by atoms with E-state index in [9.17, 15) is 9.90 Å². The zero-order valence-electron chi connectivity index (χ0n) is 24.4. The van der Waals surface area contributed by atoms with Crippen molar-refractivity contribution in [2.75, 3.05) is 6.61 Å². The largest absolute Gasteiger partial charge is 0.394 e. The van der Waals surface area contributed by atoms with Crippen LogP contribution in [0.2, 0.25) is 0 Å². The van der Waals surface area contributed by atoms with Crippen molar-refractivity contribution in [3.63, 3.8) is 0 Å². The van der Waals surface area contributed by atoms with Crippen molar-refractivity contribution < 1.29 is 9.90 Å². The van der Waals surface area contributed by atoms with Crippen LogP contribution in [0.1, 0.15) is 74.2 Å². The first kappa shape index (κ1) is 29.6. The number of aliphatic hydroxyl groups is 1. The molecule has 0 aliphatic heterocycles. The second-order valence-electron chi connectivity index (χ2n) is 12.4. The molecule has 2 fully saturated rings. The molecule has 218 valence electrons. The summed E-state index contributed by atoms with van der Waals surface area (Å²) in [6.45, 7) is 5.19. The van der Waals surface area contributed by atoms with Gasteiger partial charge in [0.1, 0.15) is 5.65 Å². The number of hydrogen-bond donors (Lipinski definition) is 2. The molecule has 1 unspecified atom stereocenters. The summed E-state index contributed by atoms with van der Waals surface area (Å²) in [7, 11) is 0. The zero-order chi connectivity index (χ0) is 27.6. The van der Waals surface area contributed by atoms with E-state index >= 15 is 0 Å². The van der Waals surface area contributed by atoms with Crippen molar-refractivity contribution in [3.05, 3.63) is 77.5 Å². The number of fused-ring (bicyclic) bond motifs is 3. The molecule has 0 radical (unpaired) electrons. The van der Waals surface area contributed by atoms with Crippen LogP contribution in [0.25, 0.3) is 21.9 Å². The van der Waals surface area contributed by atoms with Gasteiger partial charge < -0.3 is 15.0 Å². The number of rotatable bonds is 8. The number of aromatic nitrogens is 2. The molecule has 6 rings (SSSR count). The minimum Gasteiger partial charge on any atom is -0.394 e. The number of carbonyl (C=O) groups excluding carboxylic acids is 1. The number of aryl methyl sites for hydroxylation is 2. The van der Waals surface area contributed by atoms with E-state index in [1.165, 1.54) is 34.7 Å². The van der Waals surface area contributed by atoms with E-state index < -0.39 is 0 Å². The van der Waals surface area contributed by atoms with Crippen molar-refractivity contribution in [2.45, 2.75) is 77.8 Å². The van der Waals surface area contributed by atoms with Crippen LogP contribution in [0.5, 0.6) is 0 Å². The van der Waals surface area contributed by atoms with Crippen molar-refractivity contribution >= 4 is 40.3 Å². The molecule has 0 saturated heterocycles. The summed E-state index contributed by atoms with van der Waals surface area (Å²) < 4.78 is 2.46. The van der Waals surface area contributed by atoms with Gasteiger partial charge in [-0.2, -0.15) is 0 Å². The monoisotopic (exact) mass is 573 g/mol. The van der Waals surface area contributed by atoms with Gasteiger partial charge in [-0.25, -0.2) is 4.98 Å². The standard InChI is InChI=1S/C35H43N3O2.ClH/c1-23-20-24(2)36-34-32(23)29-14-8-9-15-31(29)38(34)21-25-16-18-28(19-17-25)33(27-12-6-7-13-27)35(40)37-30(22-39)26-10-4-3-5-11-26;/h3-5,8-11,14-15,20,25,27-28,30,33,39H,6-7,12-13,16-19,21-22H2,1-2H3,(H,37,40);1H/t25?,28?,30?,33-;/m0./s1. The summed E-state index contributed by atoms with van der Waals surface area (Å²) in [6.07, 6.45) is 9.23. The van der Waals surface area contributed by atoms with Gasteiger partial charge in [0.2, 0.25) is 5.91 Å². The Balaban J connectivity index is 0.00000337. The minimum atomic E-state index is -0.344. The molecule has 2 heterocycles. The van der Waals surface area contributed by atoms with Gasteiger partial charge in [-0.1, -0.05) is 61.4 Å². The fraction of sp³-hybridized carbons (Fsp3) is 0.486. The van der Waals surface area contributed by atoms with Crippen molar-refractivity contribution in [1.82, 2.24) is 14.9 Å². The third kappa shape index (κ3) is 6.03. The zero-order valence-corrected chi connectivity index (χ0v) is 25.2. The van der Waals surface area contributed by atoms with Gasteiger partial charge >= 0.3 is 0 Å². The third-order valence-electron chi connectivity index (χ3n) is 9.80. The maximum Gasteiger partial charge on any atom is 0.224 e. The average Bonchev–Trinajstić information content (AvgIpc) is 3.60. The molecule has 2 aromatic carbocycles. The van der Waals surface area contributed by atoms with Crippen LogP contribution in [0.4, 0.5) is 0 Å². The van der Waals surface area contributed by atoms with E-state index in [1.807, 2.05) is 30.3 Å². The Morgan fingerprint density at radius 1 is 0.951 bits per heavy atom. The first-order valence-electron chi connectivity index (χ1n) is 15.3. The molecule has 5 nitrogen and oxygen atoms in total. The predicted octanol–water partition coefficient (Wildman–Crippen LogP) is 7.69. The van der Waals surface area contributed by atoms with Crippen molar-refractivity contribution in [3.8, 4) is 0 Å². The molecular formula is C35H44ClN3O2. The van der Waals surface area contributed by atoms with Crippen LogP contribution < -0.4 is 5.32 Å². The highest BCUT2D eigenvalue weighted by molar-refractivity contribution is 6.08. The topological polar surface area (TPSA) is 67.2 Å². The van der Waals surface area contributed by atoms with E-state index in [0.29, 0.717) is 17.8 Å². The van der Waals surface area contributed by atoms with Gasteiger partial charge in [0, 0.05) is 28.9 Å². The summed E-state index contributed by atoms with van der Waals surface area (Å²) in [5.74, 6) is 1.65. The van der Waals surface area contributed by atoms with Gasteiger partial charge in [-0.05, 0) is 93.4 Å². The van der Waals surface area contributed by atoms with Gasteiger partial charge in [0.05, 0.1) is 18.2 Å². The molecule has 2 aromatic heterocycles.